The summed E-state index contributed by atoms with van der Waals surface area (Å²) in [7, 11) is 0. The van der Waals surface area contributed by atoms with E-state index in [-0.39, 0.29) is 5.91 Å². The Bertz CT molecular complexity index is 838. The number of hydrogen-bond acceptors (Lipinski definition) is 3. The van der Waals surface area contributed by atoms with Crippen molar-refractivity contribution in [3.05, 3.63) is 82.8 Å². The number of rotatable bonds is 6. The lowest BCUT2D eigenvalue weighted by molar-refractivity contribution is -0.113. The topological polar surface area (TPSA) is 20.3 Å². The Morgan fingerprint density at radius 1 is 1.08 bits per heavy atom. The fourth-order valence-corrected chi connectivity index (χ4v) is 3.96. The van der Waals surface area contributed by atoms with Crippen LogP contribution in [0.5, 0.6) is 0 Å². The van der Waals surface area contributed by atoms with Gasteiger partial charge in [-0.3, -0.25) is 9.69 Å². The zero-order valence-electron chi connectivity index (χ0n) is 14.7. The lowest BCUT2D eigenvalue weighted by Gasteiger charge is -2.15. The molecular weight excluding hydrogens is 358 g/mol. The van der Waals surface area contributed by atoms with Crippen molar-refractivity contribution in [3.63, 3.8) is 0 Å². The van der Waals surface area contributed by atoms with E-state index in [0.29, 0.717) is 9.23 Å². The van der Waals surface area contributed by atoms with E-state index in [4.69, 9.17) is 12.2 Å². The number of allylic oxidation sites excluding steroid dienone is 2. The monoisotopic (exact) mass is 379 g/mol. The third kappa shape index (κ3) is 4.51. The van der Waals surface area contributed by atoms with Crippen LogP contribution in [0, 0.1) is 0 Å². The molecule has 0 spiro atoms. The summed E-state index contributed by atoms with van der Waals surface area (Å²) in [6.07, 6.45) is 9.14. The largest absolute Gasteiger partial charge is 0.270 e. The number of carbonyl (C=O) groups excluding carboxylic acids is 1. The second-order valence-corrected chi connectivity index (χ2v) is 7.76. The van der Waals surface area contributed by atoms with Gasteiger partial charge in [0.25, 0.3) is 5.91 Å². The van der Waals surface area contributed by atoms with Gasteiger partial charge in [-0.15, -0.1) is 0 Å². The first-order valence-corrected chi connectivity index (χ1v) is 10.00. The van der Waals surface area contributed by atoms with Crippen molar-refractivity contribution >= 4 is 46.0 Å². The Morgan fingerprint density at radius 2 is 1.81 bits per heavy atom. The minimum Gasteiger partial charge on any atom is -0.268 e. The number of hydrogen-bond donors (Lipinski definition) is 0. The summed E-state index contributed by atoms with van der Waals surface area (Å²) in [5.74, 6) is -0.0565. The fourth-order valence-electron chi connectivity index (χ4n) is 2.71. The molecule has 0 aromatic heterocycles. The highest BCUT2D eigenvalue weighted by Gasteiger charge is 2.32. The molecule has 0 unspecified atom stereocenters. The van der Waals surface area contributed by atoms with E-state index in [1.165, 1.54) is 30.2 Å². The molecule has 1 aliphatic rings. The van der Waals surface area contributed by atoms with Crippen molar-refractivity contribution in [3.8, 4) is 0 Å². The molecule has 3 rings (SSSR count). The molecule has 1 amide bonds. The van der Waals surface area contributed by atoms with E-state index in [9.17, 15) is 4.79 Å². The van der Waals surface area contributed by atoms with Gasteiger partial charge in [0.05, 0.1) is 10.6 Å². The molecule has 0 N–H and O–H groups in total. The molecule has 0 radical (unpaired) electrons. The first kappa shape index (κ1) is 18.6. The van der Waals surface area contributed by atoms with Crippen LogP contribution in [0.15, 0.2) is 71.7 Å². The standard InChI is InChI=1S/C22H21NOS2/c1-2-3-8-18-13-15-19(16-14-18)23-21(24)20(26-22(23)25)12-7-11-17-9-5-4-6-10-17/h4-7,9-16H,2-3,8H2,1H3. The van der Waals surface area contributed by atoms with Gasteiger partial charge in [0.15, 0.2) is 4.32 Å². The van der Waals surface area contributed by atoms with E-state index in [1.54, 1.807) is 4.90 Å². The van der Waals surface area contributed by atoms with Crippen molar-refractivity contribution in [2.75, 3.05) is 4.90 Å². The number of amides is 1. The Balaban J connectivity index is 1.72. The minimum absolute atomic E-state index is 0.0565. The summed E-state index contributed by atoms with van der Waals surface area (Å²) in [6, 6.07) is 18.1. The summed E-state index contributed by atoms with van der Waals surface area (Å²) in [5.41, 5.74) is 3.23. The number of nitrogens with zero attached hydrogens (tertiary/aromatic N) is 1. The molecular formula is C22H21NOS2. The molecule has 0 atom stereocenters. The highest BCUT2D eigenvalue weighted by Crippen LogP contribution is 2.35. The Morgan fingerprint density at radius 3 is 2.50 bits per heavy atom. The highest BCUT2D eigenvalue weighted by atomic mass is 32.2. The predicted octanol–water partition coefficient (Wildman–Crippen LogP) is 5.99. The Kier molecular flexibility index (Phi) is 6.42. The third-order valence-corrected chi connectivity index (χ3v) is 5.46. The Hall–Kier alpha value is -2.17. The first-order chi connectivity index (χ1) is 12.7. The SMILES string of the molecule is CCCCc1ccc(N2C(=O)C(=CC=Cc3ccccc3)SC2=S)cc1. The third-order valence-electron chi connectivity index (χ3n) is 4.14. The van der Waals surface area contributed by atoms with Crippen molar-refractivity contribution in [1.29, 1.82) is 0 Å². The first-order valence-electron chi connectivity index (χ1n) is 8.77. The van der Waals surface area contributed by atoms with Gasteiger partial charge in [-0.2, -0.15) is 0 Å². The molecule has 1 fully saturated rings. The van der Waals surface area contributed by atoms with Gasteiger partial charge in [-0.05, 0) is 42.2 Å². The average molecular weight is 380 g/mol. The van der Waals surface area contributed by atoms with E-state index < -0.39 is 0 Å². The van der Waals surface area contributed by atoms with Crippen LogP contribution in [-0.4, -0.2) is 10.2 Å². The van der Waals surface area contributed by atoms with E-state index in [0.717, 1.165) is 17.7 Å². The van der Waals surface area contributed by atoms with E-state index >= 15 is 0 Å². The van der Waals surface area contributed by atoms with Gasteiger partial charge >= 0.3 is 0 Å². The lowest BCUT2D eigenvalue weighted by atomic mass is 10.1. The van der Waals surface area contributed by atoms with Crippen LogP contribution in [0.3, 0.4) is 0 Å². The molecule has 1 aliphatic heterocycles. The molecule has 26 heavy (non-hydrogen) atoms. The maximum Gasteiger partial charge on any atom is 0.270 e. The number of anilines is 1. The van der Waals surface area contributed by atoms with Gasteiger partial charge in [0.2, 0.25) is 0 Å². The van der Waals surface area contributed by atoms with Crippen LogP contribution >= 0.6 is 24.0 Å². The maximum atomic E-state index is 12.7. The lowest BCUT2D eigenvalue weighted by Crippen LogP contribution is -2.27. The van der Waals surface area contributed by atoms with Gasteiger partial charge in [0.1, 0.15) is 0 Å². The van der Waals surface area contributed by atoms with Crippen molar-refractivity contribution in [2.45, 2.75) is 26.2 Å². The smallest absolute Gasteiger partial charge is 0.268 e. The van der Waals surface area contributed by atoms with Gasteiger partial charge in [-0.1, -0.05) is 91.9 Å². The molecule has 2 nitrogen and oxygen atoms in total. The van der Waals surface area contributed by atoms with E-state index in [1.807, 2.05) is 60.7 Å². The average Bonchev–Trinajstić information content (AvgIpc) is 2.95. The number of thioether (sulfide) groups is 1. The number of carbonyl (C=O) groups is 1. The summed E-state index contributed by atoms with van der Waals surface area (Å²) < 4.78 is 0.579. The van der Waals surface area contributed by atoms with Crippen molar-refractivity contribution < 1.29 is 4.79 Å². The summed E-state index contributed by atoms with van der Waals surface area (Å²) >= 11 is 6.77. The van der Waals surface area contributed by atoms with Crippen molar-refractivity contribution in [2.24, 2.45) is 0 Å². The number of benzene rings is 2. The molecule has 1 heterocycles. The molecule has 1 saturated heterocycles. The summed E-state index contributed by atoms with van der Waals surface area (Å²) in [5, 5.41) is 0. The minimum atomic E-state index is -0.0565. The van der Waals surface area contributed by atoms with Gasteiger partial charge in [0, 0.05) is 0 Å². The normalized spacial score (nSPS) is 16.2. The fraction of sp³-hybridized carbons (Fsp3) is 0.182. The van der Waals surface area contributed by atoms with Crippen LogP contribution in [-0.2, 0) is 11.2 Å². The molecule has 0 bridgehead atoms. The van der Waals surface area contributed by atoms with Crippen molar-refractivity contribution in [1.82, 2.24) is 0 Å². The van der Waals surface area contributed by atoms with Crippen LogP contribution in [0.1, 0.15) is 30.9 Å². The number of unbranched alkanes of at least 4 members (excludes halogenated alkanes) is 1. The molecule has 2 aromatic carbocycles. The number of thiocarbonyl (C=S) groups is 1. The van der Waals surface area contributed by atoms with Gasteiger partial charge in [-0.25, -0.2) is 0 Å². The maximum absolute atomic E-state index is 12.7. The zero-order chi connectivity index (χ0) is 18.4. The molecule has 132 valence electrons. The second-order valence-electron chi connectivity index (χ2n) is 6.08. The summed E-state index contributed by atoms with van der Waals surface area (Å²) in [4.78, 5) is 15.0. The van der Waals surface area contributed by atoms with Crippen LogP contribution in [0.2, 0.25) is 0 Å². The van der Waals surface area contributed by atoms with Crippen LogP contribution in [0.4, 0.5) is 5.69 Å². The second kappa shape index (κ2) is 8.97. The van der Waals surface area contributed by atoms with Gasteiger partial charge < -0.3 is 0 Å². The molecule has 0 saturated carbocycles. The molecule has 4 heteroatoms. The number of aryl methyl sites for hydroxylation is 1. The Labute approximate surface area is 164 Å². The predicted molar refractivity (Wildman–Crippen MR) is 116 cm³/mol. The van der Waals surface area contributed by atoms with Crippen LogP contribution < -0.4 is 4.90 Å². The van der Waals surface area contributed by atoms with E-state index in [2.05, 4.69) is 19.1 Å². The van der Waals surface area contributed by atoms with Crippen LogP contribution in [0.25, 0.3) is 6.08 Å². The zero-order valence-corrected chi connectivity index (χ0v) is 16.4. The molecule has 2 aromatic rings. The molecule has 0 aliphatic carbocycles. The highest BCUT2D eigenvalue weighted by molar-refractivity contribution is 8.27. The quantitative estimate of drug-likeness (QED) is 0.454. The summed E-state index contributed by atoms with van der Waals surface area (Å²) in [6.45, 7) is 2.19.